The quantitative estimate of drug-likeness (QED) is 0.827. The molecule has 6 heteroatoms. The van der Waals surface area contributed by atoms with Crippen molar-refractivity contribution < 1.29 is 14.9 Å². The zero-order valence-electron chi connectivity index (χ0n) is 14.0. The van der Waals surface area contributed by atoms with E-state index in [-0.39, 0.29) is 12.4 Å². The summed E-state index contributed by atoms with van der Waals surface area (Å²) in [5, 5.41) is 20.2. The molecule has 3 rings (SSSR count). The molecule has 2 aromatic rings. The fourth-order valence-corrected chi connectivity index (χ4v) is 3.22. The number of aliphatic hydroxyl groups excluding tert-OH is 1. The summed E-state index contributed by atoms with van der Waals surface area (Å²) >= 11 is 6.26. The number of phenols is 1. The van der Waals surface area contributed by atoms with Crippen LogP contribution in [-0.2, 0) is 0 Å². The van der Waals surface area contributed by atoms with Gasteiger partial charge >= 0.3 is 0 Å². The van der Waals surface area contributed by atoms with Crippen LogP contribution >= 0.6 is 11.6 Å². The van der Waals surface area contributed by atoms with Crippen LogP contribution in [0.1, 0.15) is 0 Å². The number of phenolic OH excluding ortho intramolecular Hbond substituents is 1. The number of piperazine rings is 1. The second-order valence-corrected chi connectivity index (χ2v) is 6.60. The number of β-amino-alcohol motifs (C(OH)–C–C–N with tert-alkyl or cyclic N) is 1. The number of benzene rings is 2. The maximum atomic E-state index is 10.2. The minimum atomic E-state index is -0.555. The molecule has 1 aliphatic rings. The number of hydrogen-bond donors (Lipinski definition) is 2. The molecule has 2 N–H and O–H groups in total. The number of rotatable bonds is 6. The van der Waals surface area contributed by atoms with Crippen molar-refractivity contribution in [1.29, 1.82) is 0 Å². The molecule has 0 saturated carbocycles. The molecule has 5 nitrogen and oxygen atoms in total. The Morgan fingerprint density at radius 3 is 2.36 bits per heavy atom. The first-order chi connectivity index (χ1) is 12.1. The Kier molecular flexibility index (Phi) is 6.02. The van der Waals surface area contributed by atoms with E-state index < -0.39 is 6.10 Å². The Bertz CT molecular complexity index is 673. The molecule has 0 aromatic heterocycles. The Labute approximate surface area is 153 Å². The average Bonchev–Trinajstić information content (AvgIpc) is 2.62. The van der Waals surface area contributed by atoms with Crippen LogP contribution in [0.4, 0.5) is 5.69 Å². The van der Waals surface area contributed by atoms with E-state index in [2.05, 4.69) is 9.80 Å². The highest BCUT2D eigenvalue weighted by Crippen LogP contribution is 2.26. The second-order valence-electron chi connectivity index (χ2n) is 6.20. The van der Waals surface area contributed by atoms with Gasteiger partial charge in [0.05, 0.1) is 10.7 Å². The lowest BCUT2D eigenvalue weighted by atomic mass is 10.2. The van der Waals surface area contributed by atoms with Crippen molar-refractivity contribution in [1.82, 2.24) is 4.90 Å². The van der Waals surface area contributed by atoms with Gasteiger partial charge in [-0.1, -0.05) is 23.7 Å². The van der Waals surface area contributed by atoms with Gasteiger partial charge in [0, 0.05) is 32.7 Å². The second kappa shape index (κ2) is 8.43. The smallest absolute Gasteiger partial charge is 0.119 e. The molecule has 0 radical (unpaired) electrons. The number of aromatic hydroxyl groups is 1. The minimum absolute atomic E-state index is 0.198. The Hall–Kier alpha value is -1.95. The number of para-hydroxylation sites is 1. The van der Waals surface area contributed by atoms with Crippen LogP contribution in [0, 0.1) is 0 Å². The molecule has 1 aliphatic heterocycles. The molecule has 0 aliphatic carbocycles. The number of anilines is 1. The van der Waals surface area contributed by atoms with Gasteiger partial charge in [0.25, 0.3) is 0 Å². The van der Waals surface area contributed by atoms with E-state index in [1.807, 2.05) is 24.3 Å². The molecule has 0 amide bonds. The third kappa shape index (κ3) is 5.01. The van der Waals surface area contributed by atoms with Gasteiger partial charge in [-0.3, -0.25) is 4.90 Å². The van der Waals surface area contributed by atoms with Crippen LogP contribution in [0.25, 0.3) is 0 Å². The molecular formula is C19H23ClN2O3. The lowest BCUT2D eigenvalue weighted by molar-refractivity contribution is 0.0663. The first-order valence-electron chi connectivity index (χ1n) is 8.43. The summed E-state index contributed by atoms with van der Waals surface area (Å²) in [6.45, 7) is 4.33. The fourth-order valence-electron chi connectivity index (χ4n) is 2.97. The summed E-state index contributed by atoms with van der Waals surface area (Å²) in [6.07, 6.45) is -0.555. The van der Waals surface area contributed by atoms with Gasteiger partial charge in [0.2, 0.25) is 0 Å². The monoisotopic (exact) mass is 362 g/mol. The van der Waals surface area contributed by atoms with Crippen molar-refractivity contribution in [2.24, 2.45) is 0 Å². The van der Waals surface area contributed by atoms with Crippen molar-refractivity contribution in [3.05, 3.63) is 53.6 Å². The number of hydrogen-bond acceptors (Lipinski definition) is 5. The largest absolute Gasteiger partial charge is 0.508 e. The Balaban J connectivity index is 1.42. The zero-order chi connectivity index (χ0) is 17.6. The van der Waals surface area contributed by atoms with E-state index in [4.69, 9.17) is 16.3 Å². The van der Waals surface area contributed by atoms with E-state index in [1.54, 1.807) is 24.3 Å². The van der Waals surface area contributed by atoms with E-state index in [0.717, 1.165) is 36.9 Å². The van der Waals surface area contributed by atoms with E-state index in [0.29, 0.717) is 12.3 Å². The summed E-state index contributed by atoms with van der Waals surface area (Å²) in [4.78, 5) is 4.51. The van der Waals surface area contributed by atoms with Crippen molar-refractivity contribution in [3.63, 3.8) is 0 Å². The lowest BCUT2D eigenvalue weighted by Crippen LogP contribution is -2.49. The van der Waals surface area contributed by atoms with Crippen LogP contribution in [0.15, 0.2) is 48.5 Å². The predicted octanol–water partition coefficient (Wildman–Crippen LogP) is 2.61. The molecule has 1 fully saturated rings. The highest BCUT2D eigenvalue weighted by Gasteiger charge is 2.20. The van der Waals surface area contributed by atoms with E-state index in [9.17, 15) is 10.2 Å². The molecule has 134 valence electrons. The van der Waals surface area contributed by atoms with Gasteiger partial charge in [-0.15, -0.1) is 0 Å². The van der Waals surface area contributed by atoms with E-state index >= 15 is 0 Å². The van der Waals surface area contributed by atoms with Gasteiger partial charge in [-0.25, -0.2) is 0 Å². The number of aliphatic hydroxyl groups is 1. The summed E-state index contributed by atoms with van der Waals surface area (Å²) in [7, 11) is 0. The molecular weight excluding hydrogens is 340 g/mol. The topological polar surface area (TPSA) is 56.2 Å². The summed E-state index contributed by atoms with van der Waals surface area (Å²) < 4.78 is 5.55. The number of nitrogens with zero attached hydrogens (tertiary/aromatic N) is 2. The standard InChI is InChI=1S/C19H23ClN2O3/c20-18-3-1-2-4-19(18)22-11-9-21(10-12-22)13-16(24)14-25-17-7-5-15(23)6-8-17/h1-8,16,23-24H,9-14H2/t16-/m1/s1. The molecule has 2 aromatic carbocycles. The van der Waals surface area contributed by atoms with Gasteiger partial charge in [-0.2, -0.15) is 0 Å². The Morgan fingerprint density at radius 1 is 1.00 bits per heavy atom. The van der Waals surface area contributed by atoms with Gasteiger partial charge in [0.15, 0.2) is 0 Å². The first kappa shape index (κ1) is 17.9. The summed E-state index contributed by atoms with van der Waals surface area (Å²) in [5.74, 6) is 0.838. The molecule has 0 spiro atoms. The van der Waals surface area contributed by atoms with Crippen molar-refractivity contribution in [2.75, 3.05) is 44.2 Å². The summed E-state index contributed by atoms with van der Waals surface area (Å²) in [5.41, 5.74) is 1.07. The molecule has 1 atom stereocenters. The number of ether oxygens (including phenoxy) is 1. The third-order valence-corrected chi connectivity index (χ3v) is 4.63. The van der Waals surface area contributed by atoms with Crippen molar-refractivity contribution in [3.8, 4) is 11.5 Å². The van der Waals surface area contributed by atoms with E-state index in [1.165, 1.54) is 0 Å². The van der Waals surface area contributed by atoms with Crippen LogP contribution in [0.3, 0.4) is 0 Å². The maximum absolute atomic E-state index is 10.2. The molecule has 25 heavy (non-hydrogen) atoms. The predicted molar refractivity (Wildman–Crippen MR) is 99.7 cm³/mol. The fraction of sp³-hybridized carbons (Fsp3) is 0.368. The highest BCUT2D eigenvalue weighted by atomic mass is 35.5. The minimum Gasteiger partial charge on any atom is -0.508 e. The zero-order valence-corrected chi connectivity index (χ0v) is 14.8. The molecule has 1 heterocycles. The summed E-state index contributed by atoms with van der Waals surface area (Å²) in [6, 6.07) is 14.4. The average molecular weight is 363 g/mol. The Morgan fingerprint density at radius 2 is 1.68 bits per heavy atom. The highest BCUT2D eigenvalue weighted by molar-refractivity contribution is 6.33. The van der Waals surface area contributed by atoms with Crippen LogP contribution in [0.2, 0.25) is 5.02 Å². The maximum Gasteiger partial charge on any atom is 0.119 e. The van der Waals surface area contributed by atoms with Gasteiger partial charge in [-0.05, 0) is 36.4 Å². The van der Waals surface area contributed by atoms with Crippen LogP contribution in [0.5, 0.6) is 11.5 Å². The SMILES string of the molecule is Oc1ccc(OC[C@H](O)CN2CCN(c3ccccc3Cl)CC2)cc1. The van der Waals surface area contributed by atoms with Crippen molar-refractivity contribution in [2.45, 2.75) is 6.10 Å². The molecule has 0 bridgehead atoms. The van der Waals surface area contributed by atoms with Crippen molar-refractivity contribution >= 4 is 17.3 Å². The number of halogens is 1. The van der Waals surface area contributed by atoms with Crippen LogP contribution < -0.4 is 9.64 Å². The van der Waals surface area contributed by atoms with Gasteiger partial charge < -0.3 is 19.8 Å². The lowest BCUT2D eigenvalue weighted by Gasteiger charge is -2.37. The first-order valence-corrected chi connectivity index (χ1v) is 8.81. The normalized spacial score (nSPS) is 16.6. The van der Waals surface area contributed by atoms with Gasteiger partial charge in [0.1, 0.15) is 24.2 Å². The molecule has 0 unspecified atom stereocenters. The van der Waals surface area contributed by atoms with Crippen LogP contribution in [-0.4, -0.2) is 60.5 Å². The molecule has 1 saturated heterocycles. The third-order valence-electron chi connectivity index (χ3n) is 4.31.